The van der Waals surface area contributed by atoms with E-state index in [4.69, 9.17) is 4.98 Å². The molecule has 4 heterocycles. The fourth-order valence-corrected chi connectivity index (χ4v) is 16.3. The van der Waals surface area contributed by atoms with E-state index in [1.54, 1.807) is 0 Å². The molecule has 0 amide bonds. The van der Waals surface area contributed by atoms with E-state index in [-0.39, 0.29) is 28.4 Å². The first kappa shape index (κ1) is 48.9. The summed E-state index contributed by atoms with van der Waals surface area (Å²) in [6.45, 7) is 28.1. The number of aromatic nitrogens is 1. The summed E-state index contributed by atoms with van der Waals surface area (Å²) in [5.74, 6) is 0. The lowest BCUT2D eigenvalue weighted by Crippen LogP contribution is -2.60. The van der Waals surface area contributed by atoms with Gasteiger partial charge in [0.25, 0.3) is 6.71 Å². The summed E-state index contributed by atoms with van der Waals surface area (Å²) in [6.07, 6.45) is 4.21. The molecule has 2 aromatic heterocycles. The van der Waals surface area contributed by atoms with E-state index in [1.165, 1.54) is 160 Å². The number of hydrogen-bond acceptors (Lipinski definition) is 4. The van der Waals surface area contributed by atoms with Gasteiger partial charge in [-0.25, -0.2) is 0 Å². The minimum Gasteiger partial charge on any atom is -0.311 e. The third-order valence-corrected chi connectivity index (χ3v) is 20.3. The topological polar surface area (TPSA) is 19.4 Å². The smallest absolute Gasteiger partial charge is 0.264 e. The molecule has 1 unspecified atom stereocenters. The number of thiophene rings is 1. The van der Waals surface area contributed by atoms with Crippen LogP contribution in [0.25, 0.3) is 65.4 Å². The summed E-state index contributed by atoms with van der Waals surface area (Å²) < 4.78 is 2.69. The largest absolute Gasteiger partial charge is 0.311 e. The minimum absolute atomic E-state index is 0.00257. The molecule has 1 atom stereocenters. The summed E-state index contributed by atoms with van der Waals surface area (Å²) in [6, 6.07) is 67.1. The fourth-order valence-electron chi connectivity index (χ4n) is 15.0. The van der Waals surface area contributed by atoms with Crippen LogP contribution in [0.1, 0.15) is 128 Å². The van der Waals surface area contributed by atoms with Gasteiger partial charge in [-0.3, -0.25) is 4.98 Å². The third kappa shape index (κ3) is 6.56. The Balaban J connectivity index is 1.02. The Bertz CT molecular complexity index is 4570. The van der Waals surface area contributed by atoms with E-state index in [1.807, 2.05) is 17.5 Å². The van der Waals surface area contributed by atoms with E-state index >= 15 is 0 Å². The zero-order chi connectivity index (χ0) is 55.6. The van der Waals surface area contributed by atoms with Crippen molar-refractivity contribution in [3.8, 4) is 44.5 Å². The van der Waals surface area contributed by atoms with Crippen LogP contribution in [-0.4, -0.2) is 11.7 Å². The number of nitrogens with zero attached hydrogens (tertiary/aromatic N) is 3. The second-order valence-electron chi connectivity index (χ2n) is 27.9. The summed E-state index contributed by atoms with van der Waals surface area (Å²) in [5, 5.41) is 3.91. The van der Waals surface area contributed by atoms with Gasteiger partial charge in [-0.15, -0.1) is 11.3 Å². The molecule has 1 spiro atoms. The predicted octanol–water partition coefficient (Wildman–Crippen LogP) is 18.7. The molecule has 81 heavy (non-hydrogen) atoms. The molecule has 2 aliphatic heterocycles. The molecule has 3 nitrogen and oxygen atoms in total. The Morgan fingerprint density at radius 2 is 1.01 bits per heavy atom. The second-order valence-corrected chi connectivity index (χ2v) is 29.0. The summed E-state index contributed by atoms with van der Waals surface area (Å²) >= 11 is 2.01. The third-order valence-electron chi connectivity index (χ3n) is 19.1. The Morgan fingerprint density at radius 3 is 1.69 bits per heavy atom. The quantitative estimate of drug-likeness (QED) is 0.161. The van der Waals surface area contributed by atoms with Gasteiger partial charge in [-0.2, -0.15) is 0 Å². The Hall–Kier alpha value is -7.99. The van der Waals surface area contributed by atoms with Crippen molar-refractivity contribution in [1.82, 2.24) is 4.98 Å². The van der Waals surface area contributed by atoms with Crippen LogP contribution >= 0.6 is 11.3 Å². The maximum atomic E-state index is 5.02. The van der Waals surface area contributed by atoms with Gasteiger partial charge in [0.1, 0.15) is 0 Å². The highest BCUT2D eigenvalue weighted by atomic mass is 32.1. The number of fused-ring (bicyclic) bond motifs is 16. The molecule has 0 bridgehead atoms. The van der Waals surface area contributed by atoms with Crippen molar-refractivity contribution in [2.24, 2.45) is 0 Å². The monoisotopic (exact) mass is 1060 g/mol. The van der Waals surface area contributed by atoms with Crippen molar-refractivity contribution >= 4 is 88.7 Å². The average Bonchev–Trinajstić information content (AvgIpc) is 1.86. The van der Waals surface area contributed by atoms with Crippen LogP contribution in [-0.2, 0) is 27.1 Å². The zero-order valence-corrected chi connectivity index (χ0v) is 49.5. The van der Waals surface area contributed by atoms with Crippen molar-refractivity contribution in [2.75, 3.05) is 9.80 Å². The Kier molecular flexibility index (Phi) is 9.74. The van der Waals surface area contributed by atoms with Crippen LogP contribution in [0.5, 0.6) is 0 Å². The van der Waals surface area contributed by atoms with Gasteiger partial charge in [-0.1, -0.05) is 192 Å². The number of benzene rings is 9. The van der Waals surface area contributed by atoms with Crippen LogP contribution in [0.2, 0.25) is 0 Å². The summed E-state index contributed by atoms with van der Waals surface area (Å²) in [5.41, 5.74) is 30.5. The molecular formula is C76H66BN3S. The molecule has 0 fully saturated rings. The van der Waals surface area contributed by atoms with Crippen molar-refractivity contribution < 1.29 is 0 Å². The predicted molar refractivity (Wildman–Crippen MR) is 347 cm³/mol. The molecule has 0 N–H and O–H groups in total. The van der Waals surface area contributed by atoms with E-state index in [2.05, 4.69) is 269 Å². The molecule has 5 heteroatoms. The van der Waals surface area contributed by atoms with Crippen LogP contribution < -0.4 is 25.5 Å². The lowest BCUT2D eigenvalue weighted by atomic mass is 9.36. The van der Waals surface area contributed by atoms with E-state index in [9.17, 15) is 0 Å². The molecule has 5 aliphatic rings. The standard InChI is InChI=1S/C76H66BN3S/c1-72(2,3)44-24-29-48(30-25-44)79-62-37-46(74(7,8)9)28-34-61(62)77-69-63(79)38-47(75(10,11)12)39-64(69)80(49-31-26-45(27-32-49)73(4,5)6)70-56-40-55-52-35-36-78-42-60(52)76(59(55)41-65(56)81-71(70)77)57-22-16-21-54-51-19-14-13-18-50(51)53-20-15-17-43-23-33-58(76)68(66(43)53)67(54)57/h13-42H,1-12H3. The second kappa shape index (κ2) is 16.1. The highest BCUT2D eigenvalue weighted by Gasteiger charge is 2.55. The summed E-state index contributed by atoms with van der Waals surface area (Å²) in [4.78, 5) is 10.3. The van der Waals surface area contributed by atoms with Gasteiger partial charge >= 0.3 is 0 Å². The van der Waals surface area contributed by atoms with Gasteiger partial charge in [0.2, 0.25) is 0 Å². The number of rotatable bonds is 2. The molecule has 11 aromatic rings. The Labute approximate surface area is 482 Å². The first-order chi connectivity index (χ1) is 38.7. The first-order valence-electron chi connectivity index (χ1n) is 29.2. The number of pyridine rings is 1. The van der Waals surface area contributed by atoms with Gasteiger partial charge in [0.15, 0.2) is 0 Å². The molecule has 3 aliphatic carbocycles. The maximum Gasteiger partial charge on any atom is 0.264 e. The van der Waals surface area contributed by atoms with E-state index < -0.39 is 5.41 Å². The molecule has 9 aromatic carbocycles. The van der Waals surface area contributed by atoms with Crippen molar-refractivity contribution in [3.05, 3.63) is 227 Å². The van der Waals surface area contributed by atoms with E-state index in [0.717, 1.165) is 0 Å². The van der Waals surface area contributed by atoms with Gasteiger partial charge < -0.3 is 9.80 Å². The Morgan fingerprint density at radius 1 is 0.432 bits per heavy atom. The van der Waals surface area contributed by atoms with Crippen LogP contribution in [0.15, 0.2) is 182 Å². The van der Waals surface area contributed by atoms with Gasteiger partial charge in [-0.05, 0) is 193 Å². The zero-order valence-electron chi connectivity index (χ0n) is 48.6. The SMILES string of the molecule is CC(C)(C)c1ccc(N2c3cc(C(C)(C)C)ccc3B3c4sc5cc6c(cc5c4N(c4ccc(C(C)(C)C)cc4)c4cc(C(C)(C)C)cc2c43)-c2ccncc2C62c3cccc4c3-c3c2ccc2cccc(c32)-c2ccccc2-4)cc1. The van der Waals surface area contributed by atoms with Crippen LogP contribution in [0.3, 0.4) is 0 Å². The van der Waals surface area contributed by atoms with Crippen molar-refractivity contribution in [2.45, 2.75) is 110 Å². The fraction of sp³-hybridized carbons (Fsp3) is 0.224. The maximum absolute atomic E-state index is 5.02. The van der Waals surface area contributed by atoms with Crippen LogP contribution in [0.4, 0.5) is 34.1 Å². The van der Waals surface area contributed by atoms with Crippen molar-refractivity contribution in [1.29, 1.82) is 0 Å². The minimum atomic E-state index is -0.587. The van der Waals surface area contributed by atoms with Gasteiger partial charge in [0.05, 0.1) is 11.1 Å². The normalized spacial score (nSPS) is 16.1. The molecule has 0 radical (unpaired) electrons. The molecule has 16 rings (SSSR count). The number of anilines is 6. The molecule has 0 saturated carbocycles. The van der Waals surface area contributed by atoms with Crippen LogP contribution in [0, 0.1) is 0 Å². The lowest BCUT2D eigenvalue weighted by Gasteiger charge is -2.44. The van der Waals surface area contributed by atoms with Crippen molar-refractivity contribution in [3.63, 3.8) is 0 Å². The first-order valence-corrected chi connectivity index (χ1v) is 30.0. The molecule has 0 saturated heterocycles. The summed E-state index contributed by atoms with van der Waals surface area (Å²) in [7, 11) is 0. The highest BCUT2D eigenvalue weighted by molar-refractivity contribution is 7.33. The van der Waals surface area contributed by atoms with Gasteiger partial charge in [0, 0.05) is 55.7 Å². The molecule has 394 valence electrons. The number of hydrogen-bond donors (Lipinski definition) is 0. The van der Waals surface area contributed by atoms with E-state index in [0.29, 0.717) is 0 Å². The lowest BCUT2D eigenvalue weighted by molar-refractivity contribution is 0.589. The molecular weight excluding hydrogens is 998 g/mol. The highest BCUT2D eigenvalue weighted by Crippen LogP contribution is 2.67. The average molecular weight is 1060 g/mol.